The van der Waals surface area contributed by atoms with E-state index in [0.29, 0.717) is 6.61 Å². The van der Waals surface area contributed by atoms with Crippen molar-refractivity contribution in [3.05, 3.63) is 0 Å². The monoisotopic (exact) mass is 186 g/mol. The Morgan fingerprint density at radius 3 is 2.62 bits per heavy atom. The highest BCUT2D eigenvalue weighted by Crippen LogP contribution is 2.32. The number of aliphatic hydroxyl groups excluding tert-OH is 2. The van der Waals surface area contributed by atoms with Crippen molar-refractivity contribution in [2.24, 2.45) is 0 Å². The van der Waals surface area contributed by atoms with E-state index in [2.05, 4.69) is 0 Å². The molecule has 0 aromatic heterocycles. The molecule has 4 nitrogen and oxygen atoms in total. The van der Waals surface area contributed by atoms with Crippen LogP contribution >= 0.6 is 0 Å². The second-order valence-electron chi connectivity index (χ2n) is 3.34. The normalized spacial score (nSPS) is 45.4. The van der Waals surface area contributed by atoms with Gasteiger partial charge in [0.2, 0.25) is 0 Å². The highest BCUT2D eigenvalue weighted by Gasteiger charge is 2.50. The van der Waals surface area contributed by atoms with E-state index in [-0.39, 0.29) is 6.61 Å². The lowest BCUT2D eigenvalue weighted by molar-refractivity contribution is -0.0953. The molecule has 74 valence electrons. The Morgan fingerprint density at radius 2 is 2.23 bits per heavy atom. The first-order valence-corrected chi connectivity index (χ1v) is 4.40. The van der Waals surface area contributed by atoms with Gasteiger partial charge in [0.25, 0.3) is 0 Å². The molecule has 0 aromatic rings. The summed E-state index contributed by atoms with van der Waals surface area (Å²) < 4.78 is 10.5. The minimum absolute atomic E-state index is 0.252. The molecule has 0 amide bonds. The molecule has 1 heterocycles. The molecule has 1 aliphatic rings. The second kappa shape index (κ2) is 3.96. The van der Waals surface area contributed by atoms with Gasteiger partial charge in [-0.25, -0.2) is 0 Å². The van der Waals surface area contributed by atoms with Crippen molar-refractivity contribution >= 4 is 7.85 Å². The van der Waals surface area contributed by atoms with Gasteiger partial charge in [-0.1, -0.05) is 0 Å². The van der Waals surface area contributed by atoms with Crippen LogP contribution in [0.3, 0.4) is 0 Å². The molecule has 0 aliphatic carbocycles. The number of ether oxygens (including phenoxy) is 2. The molecule has 0 aromatic carbocycles. The van der Waals surface area contributed by atoms with E-state index in [4.69, 9.17) is 22.4 Å². The predicted octanol–water partition coefficient (Wildman–Crippen LogP) is -0.972. The Morgan fingerprint density at radius 1 is 1.62 bits per heavy atom. The first kappa shape index (κ1) is 11.0. The van der Waals surface area contributed by atoms with Crippen molar-refractivity contribution in [1.82, 2.24) is 0 Å². The van der Waals surface area contributed by atoms with Crippen LogP contribution in [-0.2, 0) is 9.47 Å². The summed E-state index contributed by atoms with van der Waals surface area (Å²) in [4.78, 5) is 0. The molecule has 1 fully saturated rings. The summed E-state index contributed by atoms with van der Waals surface area (Å²) in [6, 6.07) is -0.695. The van der Waals surface area contributed by atoms with Crippen LogP contribution in [0.5, 0.6) is 0 Å². The fourth-order valence-electron chi connectivity index (χ4n) is 1.56. The largest absolute Gasteiger partial charge is 0.394 e. The molecule has 1 aliphatic heterocycles. The number of hydrogen-bond donors (Lipinski definition) is 2. The third-order valence-corrected chi connectivity index (χ3v) is 2.46. The third kappa shape index (κ3) is 1.74. The average Bonchev–Trinajstić information content (AvgIpc) is 2.31. The van der Waals surface area contributed by atoms with Crippen LogP contribution in [0.15, 0.2) is 0 Å². The molecule has 5 heteroatoms. The van der Waals surface area contributed by atoms with Gasteiger partial charge in [0.05, 0.1) is 6.61 Å². The van der Waals surface area contributed by atoms with Crippen LogP contribution in [0.4, 0.5) is 0 Å². The molecule has 2 unspecified atom stereocenters. The molecule has 0 saturated carbocycles. The van der Waals surface area contributed by atoms with Crippen molar-refractivity contribution in [2.75, 3.05) is 13.2 Å². The van der Waals surface area contributed by atoms with Crippen LogP contribution in [0, 0.1) is 0 Å². The predicted molar refractivity (Wildman–Crippen MR) is 47.5 cm³/mol. The Kier molecular flexibility index (Phi) is 3.35. The molecular weight excluding hydrogens is 171 g/mol. The van der Waals surface area contributed by atoms with E-state index in [1.807, 2.05) is 6.92 Å². The molecular formula is C8H15BO4. The summed E-state index contributed by atoms with van der Waals surface area (Å²) in [5, 5.41) is 18.6. The fraction of sp³-hybridized carbons (Fsp3) is 1.00. The third-order valence-electron chi connectivity index (χ3n) is 2.46. The lowest BCUT2D eigenvalue weighted by Crippen LogP contribution is -2.48. The van der Waals surface area contributed by atoms with Crippen molar-refractivity contribution in [3.8, 4) is 0 Å². The molecule has 1 rings (SSSR count). The van der Waals surface area contributed by atoms with E-state index >= 15 is 0 Å². The summed E-state index contributed by atoms with van der Waals surface area (Å²) in [5.74, 6) is 0. The Balaban J connectivity index is 2.73. The van der Waals surface area contributed by atoms with Gasteiger partial charge in [-0.15, -0.1) is 0 Å². The second-order valence-corrected chi connectivity index (χ2v) is 3.34. The summed E-state index contributed by atoms with van der Waals surface area (Å²) in [5.41, 5.74) is -0.915. The van der Waals surface area contributed by atoms with E-state index in [1.54, 1.807) is 6.92 Å². The fourth-order valence-corrected chi connectivity index (χ4v) is 1.56. The van der Waals surface area contributed by atoms with Crippen LogP contribution < -0.4 is 0 Å². The van der Waals surface area contributed by atoms with Crippen LogP contribution in [0.1, 0.15) is 13.8 Å². The van der Waals surface area contributed by atoms with Crippen molar-refractivity contribution < 1.29 is 19.7 Å². The van der Waals surface area contributed by atoms with Gasteiger partial charge in [-0.2, -0.15) is 0 Å². The van der Waals surface area contributed by atoms with E-state index < -0.39 is 23.8 Å². The summed E-state index contributed by atoms with van der Waals surface area (Å²) >= 11 is 0. The van der Waals surface area contributed by atoms with Crippen molar-refractivity contribution in [1.29, 1.82) is 0 Å². The van der Waals surface area contributed by atoms with E-state index in [9.17, 15) is 5.11 Å². The van der Waals surface area contributed by atoms with Crippen LogP contribution in [-0.4, -0.2) is 55.1 Å². The quantitative estimate of drug-likeness (QED) is 0.556. The molecule has 4 atom stereocenters. The SMILES string of the molecule is [B]C1OC(CO)[C@@H](O)[C@@]1(C)OCC. The number of hydrogen-bond acceptors (Lipinski definition) is 4. The lowest BCUT2D eigenvalue weighted by atomic mass is 9.81. The Bertz CT molecular complexity index is 178. The topological polar surface area (TPSA) is 58.9 Å². The van der Waals surface area contributed by atoms with Gasteiger partial charge >= 0.3 is 0 Å². The van der Waals surface area contributed by atoms with Gasteiger partial charge in [-0.3, -0.25) is 0 Å². The van der Waals surface area contributed by atoms with Crippen LogP contribution in [0.2, 0.25) is 0 Å². The summed E-state index contributed by atoms with van der Waals surface area (Å²) in [6.45, 7) is 3.69. The van der Waals surface area contributed by atoms with E-state index in [1.165, 1.54) is 0 Å². The van der Waals surface area contributed by atoms with Gasteiger partial charge in [0.15, 0.2) is 0 Å². The number of rotatable bonds is 3. The molecule has 2 radical (unpaired) electrons. The summed E-state index contributed by atoms with van der Waals surface area (Å²) in [7, 11) is 5.64. The maximum atomic E-state index is 9.72. The minimum atomic E-state index is -0.915. The zero-order valence-corrected chi connectivity index (χ0v) is 7.93. The van der Waals surface area contributed by atoms with Gasteiger partial charge in [0.1, 0.15) is 25.7 Å². The lowest BCUT2D eigenvalue weighted by Gasteiger charge is -2.31. The first-order chi connectivity index (χ1) is 6.06. The standard InChI is InChI=1S/C8H15BO4/c1-3-12-8(2)6(11)5(4-10)13-7(8)9/h5-7,10-11H,3-4H2,1-2H3/t5?,6-,7?,8-/m1/s1. The summed E-state index contributed by atoms with van der Waals surface area (Å²) in [6.07, 6.45) is -1.53. The zero-order valence-electron chi connectivity index (χ0n) is 7.93. The minimum Gasteiger partial charge on any atom is -0.394 e. The molecule has 0 spiro atoms. The van der Waals surface area contributed by atoms with Gasteiger partial charge < -0.3 is 19.7 Å². The molecule has 0 bridgehead atoms. The molecule has 2 N–H and O–H groups in total. The zero-order chi connectivity index (χ0) is 10.1. The van der Waals surface area contributed by atoms with Gasteiger partial charge in [-0.05, 0) is 13.8 Å². The average molecular weight is 186 g/mol. The maximum absolute atomic E-state index is 9.72. The number of aliphatic hydroxyl groups is 2. The highest BCUT2D eigenvalue weighted by atomic mass is 16.6. The smallest absolute Gasteiger partial charge is 0.113 e. The maximum Gasteiger partial charge on any atom is 0.113 e. The van der Waals surface area contributed by atoms with Crippen molar-refractivity contribution in [2.45, 2.75) is 37.7 Å². The Hall–Kier alpha value is -0.0951. The molecule has 13 heavy (non-hydrogen) atoms. The Labute approximate surface area is 79.3 Å². The van der Waals surface area contributed by atoms with Gasteiger partial charge in [0, 0.05) is 12.6 Å². The molecule has 1 saturated heterocycles. The van der Waals surface area contributed by atoms with E-state index in [0.717, 1.165) is 0 Å². The van der Waals surface area contributed by atoms with Crippen molar-refractivity contribution in [3.63, 3.8) is 0 Å². The van der Waals surface area contributed by atoms with Crippen LogP contribution in [0.25, 0.3) is 0 Å². The first-order valence-electron chi connectivity index (χ1n) is 4.40. The highest BCUT2D eigenvalue weighted by molar-refractivity contribution is 6.12.